The van der Waals surface area contributed by atoms with Crippen molar-refractivity contribution in [1.82, 2.24) is 15.1 Å². The highest BCUT2D eigenvalue weighted by Gasteiger charge is 2.39. The number of carbonyl (C=O) groups excluding carboxylic acids is 2. The Bertz CT molecular complexity index is 608. The van der Waals surface area contributed by atoms with Crippen LogP contribution in [0.1, 0.15) is 19.4 Å². The standard InChI is InChI=1S/C19H29N3O3/c1-19(2,18(24)22-13-11-21(3)12-14-22)17(23)20-10-9-15-7-5-6-8-16(15)25-4/h5-8H,9-14H2,1-4H3,(H,20,23). The van der Waals surface area contributed by atoms with Crippen LogP contribution in [0.5, 0.6) is 5.75 Å². The van der Waals surface area contributed by atoms with Gasteiger partial charge in [0.05, 0.1) is 7.11 Å². The zero-order valence-electron chi connectivity index (χ0n) is 15.7. The summed E-state index contributed by atoms with van der Waals surface area (Å²) in [5, 5.41) is 2.90. The van der Waals surface area contributed by atoms with Crippen LogP contribution in [0.3, 0.4) is 0 Å². The molecule has 0 bridgehead atoms. The number of likely N-dealkylation sites (N-methyl/N-ethyl adjacent to an activating group) is 1. The number of nitrogens with one attached hydrogen (secondary N) is 1. The molecule has 2 amide bonds. The number of methoxy groups -OCH3 is 1. The molecule has 0 saturated carbocycles. The van der Waals surface area contributed by atoms with Crippen molar-refractivity contribution in [3.63, 3.8) is 0 Å². The molecule has 1 aliphatic rings. The number of amides is 2. The summed E-state index contributed by atoms with van der Waals surface area (Å²) in [6.45, 7) is 6.91. The van der Waals surface area contributed by atoms with Crippen molar-refractivity contribution in [1.29, 1.82) is 0 Å². The van der Waals surface area contributed by atoms with Crippen LogP contribution in [0.15, 0.2) is 24.3 Å². The molecule has 6 heteroatoms. The van der Waals surface area contributed by atoms with Gasteiger partial charge in [-0.2, -0.15) is 0 Å². The van der Waals surface area contributed by atoms with Crippen LogP contribution < -0.4 is 10.1 Å². The number of para-hydroxylation sites is 1. The van der Waals surface area contributed by atoms with Crippen molar-refractivity contribution in [3.05, 3.63) is 29.8 Å². The lowest BCUT2D eigenvalue weighted by Crippen LogP contribution is -2.55. The zero-order chi connectivity index (χ0) is 18.4. The summed E-state index contributed by atoms with van der Waals surface area (Å²) < 4.78 is 5.32. The molecule has 1 N–H and O–H groups in total. The van der Waals surface area contributed by atoms with Gasteiger partial charge >= 0.3 is 0 Å². The molecule has 138 valence electrons. The number of benzene rings is 1. The third-order valence-corrected chi connectivity index (χ3v) is 4.77. The fourth-order valence-electron chi connectivity index (χ4n) is 2.94. The smallest absolute Gasteiger partial charge is 0.237 e. The fourth-order valence-corrected chi connectivity index (χ4v) is 2.94. The summed E-state index contributed by atoms with van der Waals surface area (Å²) in [5.41, 5.74) is -0.0232. The Balaban J connectivity index is 1.89. The molecular weight excluding hydrogens is 318 g/mol. The van der Waals surface area contributed by atoms with E-state index >= 15 is 0 Å². The van der Waals surface area contributed by atoms with Gasteiger partial charge in [0, 0.05) is 32.7 Å². The lowest BCUT2D eigenvalue weighted by atomic mass is 9.90. The molecule has 1 aromatic carbocycles. The molecule has 1 aromatic rings. The average Bonchev–Trinajstić information content (AvgIpc) is 2.62. The maximum Gasteiger partial charge on any atom is 0.237 e. The number of hydrogen-bond acceptors (Lipinski definition) is 4. The summed E-state index contributed by atoms with van der Waals surface area (Å²) in [7, 11) is 3.67. The summed E-state index contributed by atoms with van der Waals surface area (Å²) in [4.78, 5) is 29.3. The van der Waals surface area contributed by atoms with Gasteiger partial charge in [-0.3, -0.25) is 9.59 Å². The molecule has 2 rings (SSSR count). The summed E-state index contributed by atoms with van der Waals surface area (Å²) >= 11 is 0. The lowest BCUT2D eigenvalue weighted by Gasteiger charge is -2.36. The predicted octanol–water partition coefficient (Wildman–Crippen LogP) is 1.15. The minimum absolute atomic E-state index is 0.101. The molecule has 0 aliphatic carbocycles. The molecule has 1 fully saturated rings. The van der Waals surface area contributed by atoms with Crippen molar-refractivity contribution in [2.75, 3.05) is 46.9 Å². The summed E-state index contributed by atoms with van der Waals surface area (Å²) in [6.07, 6.45) is 0.661. The van der Waals surface area contributed by atoms with Gasteiger partial charge in [-0.15, -0.1) is 0 Å². The van der Waals surface area contributed by atoms with Crippen molar-refractivity contribution >= 4 is 11.8 Å². The van der Waals surface area contributed by atoms with Crippen molar-refractivity contribution in [2.24, 2.45) is 5.41 Å². The Morgan fingerprint density at radius 3 is 2.44 bits per heavy atom. The molecule has 1 saturated heterocycles. The first-order valence-electron chi connectivity index (χ1n) is 8.74. The van der Waals surface area contributed by atoms with E-state index in [-0.39, 0.29) is 11.8 Å². The third kappa shape index (κ3) is 4.72. The van der Waals surface area contributed by atoms with Gasteiger partial charge in [0.2, 0.25) is 11.8 Å². The molecule has 0 atom stereocenters. The number of piperazine rings is 1. The normalized spacial score (nSPS) is 15.8. The molecule has 6 nitrogen and oxygen atoms in total. The number of carbonyl (C=O) groups is 2. The maximum absolute atomic E-state index is 12.7. The van der Waals surface area contributed by atoms with Crippen LogP contribution in [-0.4, -0.2) is 68.5 Å². The first kappa shape index (κ1) is 19.2. The van der Waals surface area contributed by atoms with Crippen molar-refractivity contribution in [3.8, 4) is 5.75 Å². The largest absolute Gasteiger partial charge is 0.496 e. The van der Waals surface area contributed by atoms with Gasteiger partial charge in [-0.1, -0.05) is 18.2 Å². The second-order valence-corrected chi connectivity index (χ2v) is 7.04. The highest BCUT2D eigenvalue weighted by molar-refractivity contribution is 6.04. The molecular formula is C19H29N3O3. The van der Waals surface area contributed by atoms with Gasteiger partial charge < -0.3 is 19.9 Å². The Morgan fingerprint density at radius 2 is 1.80 bits per heavy atom. The van der Waals surface area contributed by atoms with Gasteiger partial charge in [0.15, 0.2) is 0 Å². The van der Waals surface area contributed by atoms with Crippen LogP contribution in [0.2, 0.25) is 0 Å². The highest BCUT2D eigenvalue weighted by Crippen LogP contribution is 2.21. The van der Waals surface area contributed by atoms with Gasteiger partial charge in [0.25, 0.3) is 0 Å². The Labute approximate surface area is 150 Å². The molecule has 0 aromatic heterocycles. The molecule has 1 heterocycles. The van der Waals surface area contributed by atoms with E-state index in [1.54, 1.807) is 25.9 Å². The Hall–Kier alpha value is -2.08. The Kier molecular flexibility index (Phi) is 6.42. The van der Waals surface area contributed by atoms with E-state index < -0.39 is 5.41 Å². The molecule has 0 unspecified atom stereocenters. The van der Waals surface area contributed by atoms with Crippen LogP contribution in [0.25, 0.3) is 0 Å². The minimum atomic E-state index is -1.06. The van der Waals surface area contributed by atoms with Crippen LogP contribution in [-0.2, 0) is 16.0 Å². The van der Waals surface area contributed by atoms with Crippen LogP contribution in [0, 0.1) is 5.41 Å². The molecule has 0 spiro atoms. The second kappa shape index (κ2) is 8.34. The van der Waals surface area contributed by atoms with Crippen molar-refractivity contribution < 1.29 is 14.3 Å². The van der Waals surface area contributed by atoms with Gasteiger partial charge in [0.1, 0.15) is 11.2 Å². The van der Waals surface area contributed by atoms with Gasteiger partial charge in [-0.05, 0) is 38.9 Å². The molecule has 1 aliphatic heterocycles. The maximum atomic E-state index is 12.7. The van der Waals surface area contributed by atoms with E-state index in [4.69, 9.17) is 4.74 Å². The lowest BCUT2D eigenvalue weighted by molar-refractivity contribution is -0.149. The zero-order valence-corrected chi connectivity index (χ0v) is 15.7. The number of ether oxygens (including phenoxy) is 1. The third-order valence-electron chi connectivity index (χ3n) is 4.77. The van der Waals surface area contributed by atoms with E-state index in [0.29, 0.717) is 26.1 Å². The predicted molar refractivity (Wildman–Crippen MR) is 97.6 cm³/mol. The minimum Gasteiger partial charge on any atom is -0.496 e. The number of nitrogens with zero attached hydrogens (tertiary/aromatic N) is 2. The SMILES string of the molecule is COc1ccccc1CCNC(=O)C(C)(C)C(=O)N1CCN(C)CC1. The van der Waals surface area contributed by atoms with E-state index in [1.807, 2.05) is 31.3 Å². The summed E-state index contributed by atoms with van der Waals surface area (Å²) in [5.74, 6) is 0.478. The first-order valence-corrected chi connectivity index (χ1v) is 8.74. The monoisotopic (exact) mass is 347 g/mol. The first-order chi connectivity index (χ1) is 11.9. The van der Waals surface area contributed by atoms with Gasteiger partial charge in [-0.25, -0.2) is 0 Å². The summed E-state index contributed by atoms with van der Waals surface area (Å²) in [6, 6.07) is 7.74. The fraction of sp³-hybridized carbons (Fsp3) is 0.579. The average molecular weight is 347 g/mol. The van der Waals surface area contributed by atoms with Crippen molar-refractivity contribution in [2.45, 2.75) is 20.3 Å². The number of hydrogen-bond donors (Lipinski definition) is 1. The number of rotatable bonds is 6. The van der Waals surface area contributed by atoms with E-state index in [2.05, 4.69) is 10.2 Å². The van der Waals surface area contributed by atoms with E-state index in [0.717, 1.165) is 24.4 Å². The Morgan fingerprint density at radius 1 is 1.16 bits per heavy atom. The molecule has 25 heavy (non-hydrogen) atoms. The van der Waals surface area contributed by atoms with Crippen LogP contribution >= 0.6 is 0 Å². The topological polar surface area (TPSA) is 61.9 Å². The molecule has 0 radical (unpaired) electrons. The van der Waals surface area contributed by atoms with Crippen LogP contribution in [0.4, 0.5) is 0 Å². The highest BCUT2D eigenvalue weighted by atomic mass is 16.5. The van der Waals surface area contributed by atoms with E-state index in [9.17, 15) is 9.59 Å². The second-order valence-electron chi connectivity index (χ2n) is 7.04. The quantitative estimate of drug-likeness (QED) is 0.785. The van der Waals surface area contributed by atoms with E-state index in [1.165, 1.54) is 0 Å².